The summed E-state index contributed by atoms with van der Waals surface area (Å²) in [5, 5.41) is 3.50. The molecule has 7 heteroatoms. The quantitative estimate of drug-likeness (QED) is 0.519. The lowest BCUT2D eigenvalue weighted by Gasteiger charge is -2.35. The van der Waals surface area contributed by atoms with Crippen molar-refractivity contribution in [2.24, 2.45) is 11.8 Å². The number of alkyl halides is 3. The fraction of sp³-hybridized carbons (Fsp3) is 0.536. The van der Waals surface area contributed by atoms with Crippen LogP contribution in [-0.2, 0) is 13.1 Å². The SMILES string of the molecule is Cc1cc(C(C2CCCC2)C2CCNCC2)cc2c1C(=O)N(Cc1ccc(OC(F)(F)F)cc1)C2. The summed E-state index contributed by atoms with van der Waals surface area (Å²) in [5.41, 5.74) is 5.08. The molecule has 0 aromatic heterocycles. The van der Waals surface area contributed by atoms with E-state index in [0.29, 0.717) is 24.9 Å². The van der Waals surface area contributed by atoms with Crippen LogP contribution in [0.15, 0.2) is 36.4 Å². The molecule has 1 amide bonds. The number of aryl methyl sites for hydroxylation is 1. The molecule has 1 saturated carbocycles. The molecule has 2 aliphatic heterocycles. The lowest BCUT2D eigenvalue weighted by Crippen LogP contribution is -2.33. The van der Waals surface area contributed by atoms with Crippen molar-refractivity contribution in [3.63, 3.8) is 0 Å². The average molecular weight is 487 g/mol. The third kappa shape index (κ3) is 5.35. The second-order valence-electron chi connectivity index (χ2n) is 10.4. The highest BCUT2D eigenvalue weighted by Gasteiger charge is 2.36. The van der Waals surface area contributed by atoms with E-state index in [1.807, 2.05) is 6.92 Å². The summed E-state index contributed by atoms with van der Waals surface area (Å²) < 4.78 is 41.3. The van der Waals surface area contributed by atoms with Crippen LogP contribution in [0.4, 0.5) is 13.2 Å². The molecule has 2 aromatic carbocycles. The van der Waals surface area contributed by atoms with Crippen LogP contribution >= 0.6 is 0 Å². The first-order valence-electron chi connectivity index (χ1n) is 12.8. The summed E-state index contributed by atoms with van der Waals surface area (Å²) in [6.45, 7) is 5.09. The fourth-order valence-corrected chi connectivity index (χ4v) is 6.54. The van der Waals surface area contributed by atoms with Gasteiger partial charge < -0.3 is 15.0 Å². The molecule has 0 radical (unpaired) electrons. The maximum atomic E-state index is 13.3. The topological polar surface area (TPSA) is 41.6 Å². The van der Waals surface area contributed by atoms with E-state index in [9.17, 15) is 18.0 Å². The van der Waals surface area contributed by atoms with Crippen LogP contribution in [0.25, 0.3) is 0 Å². The van der Waals surface area contributed by atoms with Gasteiger partial charge in [-0.1, -0.05) is 37.1 Å². The van der Waals surface area contributed by atoms with Crippen LogP contribution in [0.2, 0.25) is 0 Å². The van der Waals surface area contributed by atoms with Crippen molar-refractivity contribution >= 4 is 5.91 Å². The zero-order valence-corrected chi connectivity index (χ0v) is 20.2. The van der Waals surface area contributed by atoms with Crippen LogP contribution in [0.3, 0.4) is 0 Å². The number of carbonyl (C=O) groups is 1. The Morgan fingerprint density at radius 1 is 1.03 bits per heavy atom. The van der Waals surface area contributed by atoms with Crippen molar-refractivity contribution in [2.75, 3.05) is 13.1 Å². The first kappa shape index (κ1) is 24.2. The number of halogens is 3. The first-order chi connectivity index (χ1) is 16.8. The Balaban J connectivity index is 1.35. The molecule has 2 aromatic rings. The number of hydrogen-bond acceptors (Lipinski definition) is 3. The van der Waals surface area contributed by atoms with Gasteiger partial charge in [0.1, 0.15) is 5.75 Å². The predicted molar refractivity (Wildman–Crippen MR) is 128 cm³/mol. The molecular formula is C28H33F3N2O2. The number of piperidine rings is 1. The summed E-state index contributed by atoms with van der Waals surface area (Å²) >= 11 is 0. The number of benzene rings is 2. The number of fused-ring (bicyclic) bond motifs is 1. The number of nitrogens with zero attached hydrogens (tertiary/aromatic N) is 1. The second kappa shape index (κ2) is 9.84. The molecule has 3 aliphatic rings. The van der Waals surface area contributed by atoms with Gasteiger partial charge in [-0.3, -0.25) is 4.79 Å². The van der Waals surface area contributed by atoms with Crippen LogP contribution < -0.4 is 10.1 Å². The van der Waals surface area contributed by atoms with Crippen molar-refractivity contribution < 1.29 is 22.7 Å². The van der Waals surface area contributed by atoms with Crippen molar-refractivity contribution in [3.05, 3.63) is 64.2 Å². The summed E-state index contributed by atoms with van der Waals surface area (Å²) in [6, 6.07) is 10.3. The van der Waals surface area contributed by atoms with Gasteiger partial charge in [0.2, 0.25) is 0 Å². The van der Waals surface area contributed by atoms with Crippen LogP contribution in [0, 0.1) is 18.8 Å². The van der Waals surface area contributed by atoms with Crippen LogP contribution in [-0.4, -0.2) is 30.3 Å². The maximum Gasteiger partial charge on any atom is 0.573 e. The number of hydrogen-bond donors (Lipinski definition) is 1. The molecule has 2 fully saturated rings. The van der Waals surface area contributed by atoms with Gasteiger partial charge in [-0.25, -0.2) is 0 Å². The normalized spacial score (nSPS) is 20.3. The van der Waals surface area contributed by atoms with Gasteiger partial charge in [-0.05, 0) is 97.8 Å². The lowest BCUT2D eigenvalue weighted by molar-refractivity contribution is -0.274. The summed E-state index contributed by atoms with van der Waals surface area (Å²) in [4.78, 5) is 15.0. The molecule has 4 nitrogen and oxygen atoms in total. The molecule has 188 valence electrons. The zero-order chi connectivity index (χ0) is 24.6. The van der Waals surface area contributed by atoms with E-state index in [0.717, 1.165) is 41.3 Å². The largest absolute Gasteiger partial charge is 0.573 e. The summed E-state index contributed by atoms with van der Waals surface area (Å²) in [5.74, 6) is 1.70. The Morgan fingerprint density at radius 3 is 2.34 bits per heavy atom. The number of ether oxygens (including phenoxy) is 1. The average Bonchev–Trinajstić information content (AvgIpc) is 3.44. The highest BCUT2D eigenvalue weighted by atomic mass is 19.4. The van der Waals surface area contributed by atoms with Crippen molar-refractivity contribution in [3.8, 4) is 5.75 Å². The Hall–Kier alpha value is -2.54. The highest BCUT2D eigenvalue weighted by molar-refractivity contribution is 5.99. The van der Waals surface area contributed by atoms with Gasteiger partial charge >= 0.3 is 6.36 Å². The molecular weight excluding hydrogens is 453 g/mol. The van der Waals surface area contributed by atoms with E-state index in [1.54, 1.807) is 17.0 Å². The van der Waals surface area contributed by atoms with E-state index in [1.165, 1.54) is 56.2 Å². The molecule has 1 atom stereocenters. The molecule has 0 spiro atoms. The minimum atomic E-state index is -4.71. The lowest BCUT2D eigenvalue weighted by atomic mass is 9.72. The summed E-state index contributed by atoms with van der Waals surface area (Å²) in [6.07, 6.45) is 2.92. The van der Waals surface area contributed by atoms with E-state index in [-0.39, 0.29) is 11.7 Å². The molecule has 2 heterocycles. The highest BCUT2D eigenvalue weighted by Crippen LogP contribution is 2.46. The molecule has 5 rings (SSSR count). The predicted octanol–water partition coefficient (Wildman–Crippen LogP) is 6.32. The molecule has 1 saturated heterocycles. The number of carbonyl (C=O) groups excluding carboxylic acids is 1. The van der Waals surface area contributed by atoms with Crippen LogP contribution in [0.1, 0.15) is 77.1 Å². The van der Waals surface area contributed by atoms with E-state index < -0.39 is 6.36 Å². The molecule has 0 bridgehead atoms. The molecule has 1 N–H and O–H groups in total. The van der Waals surface area contributed by atoms with Gasteiger partial charge in [-0.15, -0.1) is 13.2 Å². The molecule has 35 heavy (non-hydrogen) atoms. The standard InChI is InChI=1S/C28H33F3N2O2/c1-18-14-22(26(20-4-2-3-5-20)21-10-12-32-13-11-21)15-23-17-33(27(34)25(18)23)16-19-6-8-24(9-7-19)35-28(29,30)31/h6-9,14-15,20-21,26,32H,2-5,10-13,16-17H2,1H3. The van der Waals surface area contributed by atoms with Crippen LogP contribution in [0.5, 0.6) is 5.75 Å². The smallest absolute Gasteiger partial charge is 0.406 e. The number of amides is 1. The molecule has 1 unspecified atom stereocenters. The zero-order valence-electron chi connectivity index (χ0n) is 20.2. The van der Waals surface area contributed by atoms with Gasteiger partial charge in [0, 0.05) is 18.7 Å². The Kier molecular flexibility index (Phi) is 6.80. The Morgan fingerprint density at radius 2 is 1.69 bits per heavy atom. The number of rotatable bonds is 6. The van der Waals surface area contributed by atoms with E-state index >= 15 is 0 Å². The monoisotopic (exact) mass is 486 g/mol. The Bertz CT molecular complexity index is 1060. The maximum absolute atomic E-state index is 13.3. The second-order valence-corrected chi connectivity index (χ2v) is 10.4. The van der Waals surface area contributed by atoms with Gasteiger partial charge in [-0.2, -0.15) is 0 Å². The first-order valence-corrected chi connectivity index (χ1v) is 12.8. The number of nitrogens with one attached hydrogen (secondary N) is 1. The summed E-state index contributed by atoms with van der Waals surface area (Å²) in [7, 11) is 0. The van der Waals surface area contributed by atoms with Gasteiger partial charge in [0.05, 0.1) is 0 Å². The van der Waals surface area contributed by atoms with Crippen molar-refractivity contribution in [1.29, 1.82) is 0 Å². The van der Waals surface area contributed by atoms with Gasteiger partial charge in [0.15, 0.2) is 0 Å². The van der Waals surface area contributed by atoms with Crippen molar-refractivity contribution in [2.45, 2.75) is 70.8 Å². The van der Waals surface area contributed by atoms with Gasteiger partial charge in [0.25, 0.3) is 5.91 Å². The minimum Gasteiger partial charge on any atom is -0.406 e. The third-order valence-corrected chi connectivity index (χ3v) is 8.02. The molecule has 1 aliphatic carbocycles. The van der Waals surface area contributed by atoms with E-state index in [4.69, 9.17) is 0 Å². The van der Waals surface area contributed by atoms with E-state index in [2.05, 4.69) is 22.2 Å². The minimum absolute atomic E-state index is 0.000971. The Labute approximate surface area is 204 Å². The van der Waals surface area contributed by atoms with Crippen molar-refractivity contribution in [1.82, 2.24) is 10.2 Å². The third-order valence-electron chi connectivity index (χ3n) is 8.02. The fourth-order valence-electron chi connectivity index (χ4n) is 6.54.